The number of anilines is 2. The highest BCUT2D eigenvalue weighted by Gasteiger charge is 2.24. The van der Waals surface area contributed by atoms with Gasteiger partial charge in [0.05, 0.1) is 17.2 Å². The fourth-order valence-electron chi connectivity index (χ4n) is 6.84. The van der Waals surface area contributed by atoms with Crippen LogP contribution in [0.15, 0.2) is 151 Å². The van der Waals surface area contributed by atoms with Crippen molar-refractivity contribution in [2.75, 3.05) is 4.90 Å². The Hall–Kier alpha value is -6.27. The van der Waals surface area contributed by atoms with Crippen LogP contribution < -0.4 is 9.64 Å². The fourth-order valence-corrected chi connectivity index (χ4v) is 6.84. The molecule has 0 saturated carbocycles. The van der Waals surface area contributed by atoms with Gasteiger partial charge in [-0.2, -0.15) is 4.99 Å². The largest absolute Gasteiger partial charge is 0.458 e. The molecular formula is C43H33N5O. The van der Waals surface area contributed by atoms with Gasteiger partial charge in [-0.25, -0.2) is 4.98 Å². The molecule has 9 rings (SSSR count). The highest BCUT2D eigenvalue weighted by Crippen LogP contribution is 2.40. The third kappa shape index (κ3) is 4.92. The Labute approximate surface area is 285 Å². The van der Waals surface area contributed by atoms with Crippen LogP contribution in [-0.4, -0.2) is 26.3 Å². The first-order chi connectivity index (χ1) is 23.9. The number of fused-ring (bicyclic) bond motifs is 8. The van der Waals surface area contributed by atoms with Crippen molar-refractivity contribution in [1.82, 2.24) is 9.55 Å². The lowest BCUT2D eigenvalue weighted by Gasteiger charge is -2.28. The monoisotopic (exact) mass is 635 g/mol. The molecule has 0 spiro atoms. The maximum absolute atomic E-state index is 6.63. The minimum atomic E-state index is 0.000423. The van der Waals surface area contributed by atoms with E-state index in [-0.39, 0.29) is 5.41 Å². The Kier molecular flexibility index (Phi) is 6.59. The molecule has 6 heteroatoms. The van der Waals surface area contributed by atoms with E-state index in [9.17, 15) is 0 Å². The number of hydrogen-bond acceptors (Lipinski definition) is 4. The zero-order valence-electron chi connectivity index (χ0n) is 27.5. The number of hydrogen-bond donors (Lipinski definition) is 0. The standard InChI is InChI=1S/C43H33N5O/c1-43(2,3)29-21-22-44-41(25-29)48-39-18-9-7-15-35(39)36-20-19-32(27-40(36)48)49-31-12-10-11-30(26-31)47-28-46-24-23-45-42(46)37-16-5-4-13-33(37)34-14-6-8-17-38(34)47/h4-27H,1-3H3. The Bertz CT molecular complexity index is 2530. The first-order valence-electron chi connectivity index (χ1n) is 16.5. The van der Waals surface area contributed by atoms with E-state index in [4.69, 9.17) is 14.7 Å². The van der Waals surface area contributed by atoms with Gasteiger partial charge >= 0.3 is 0 Å². The molecule has 0 amide bonds. The van der Waals surface area contributed by atoms with Gasteiger partial charge in [0.2, 0.25) is 5.84 Å². The van der Waals surface area contributed by atoms with E-state index in [0.29, 0.717) is 0 Å². The van der Waals surface area contributed by atoms with Gasteiger partial charge in [0, 0.05) is 46.2 Å². The molecule has 0 saturated heterocycles. The summed E-state index contributed by atoms with van der Waals surface area (Å²) in [6.07, 6.45) is 9.25. The predicted molar refractivity (Wildman–Crippen MR) is 199 cm³/mol. The number of benzene rings is 5. The first-order valence-corrected chi connectivity index (χ1v) is 16.5. The van der Waals surface area contributed by atoms with Gasteiger partial charge in [0.15, 0.2) is 6.34 Å². The average molecular weight is 636 g/mol. The third-order valence-electron chi connectivity index (χ3n) is 9.25. The Balaban J connectivity index is 1.14. The van der Waals surface area contributed by atoms with Crippen LogP contribution in [0.3, 0.4) is 0 Å². The number of aromatic nitrogens is 2. The molecule has 6 nitrogen and oxygen atoms in total. The second-order valence-electron chi connectivity index (χ2n) is 13.4. The summed E-state index contributed by atoms with van der Waals surface area (Å²) in [5, 5.41) is 2.33. The summed E-state index contributed by atoms with van der Waals surface area (Å²) in [7, 11) is 0. The van der Waals surface area contributed by atoms with Crippen LogP contribution in [0.1, 0.15) is 31.9 Å². The van der Waals surface area contributed by atoms with Gasteiger partial charge in [0.25, 0.3) is 0 Å². The summed E-state index contributed by atoms with van der Waals surface area (Å²) in [6, 6.07) is 44.1. The van der Waals surface area contributed by atoms with E-state index in [1.165, 1.54) is 10.9 Å². The molecule has 0 radical (unpaired) electrons. The SMILES string of the molecule is CC(C)(C)c1ccnc(-n2c3ccccc3c3ccc(Oc4cccc(N5[C-]=[N+]6C=CN=C6c6ccccc6-c6ccccc65)c4)cc32)c1. The molecule has 0 atom stereocenters. The van der Waals surface area contributed by atoms with Crippen LogP contribution in [0.2, 0.25) is 0 Å². The Morgan fingerprint density at radius 3 is 2.31 bits per heavy atom. The molecule has 49 heavy (non-hydrogen) atoms. The zero-order chi connectivity index (χ0) is 33.1. The minimum Gasteiger partial charge on any atom is -0.458 e. The highest BCUT2D eigenvalue weighted by atomic mass is 16.5. The van der Waals surface area contributed by atoms with Gasteiger partial charge < -0.3 is 9.64 Å². The van der Waals surface area contributed by atoms with Crippen LogP contribution in [-0.2, 0) is 5.41 Å². The molecule has 7 aromatic rings. The molecule has 5 aromatic carbocycles. The van der Waals surface area contributed by atoms with Crippen molar-refractivity contribution >= 4 is 45.4 Å². The topological polar surface area (TPSA) is 45.7 Å². The van der Waals surface area contributed by atoms with Crippen molar-refractivity contribution in [3.63, 3.8) is 0 Å². The second kappa shape index (κ2) is 11.2. The normalized spacial score (nSPS) is 13.7. The first kappa shape index (κ1) is 28.9. The van der Waals surface area contributed by atoms with E-state index < -0.39 is 0 Å². The Morgan fingerprint density at radius 1 is 0.673 bits per heavy atom. The number of ether oxygens (including phenoxy) is 1. The summed E-state index contributed by atoms with van der Waals surface area (Å²) in [6.45, 7) is 6.69. The molecule has 0 bridgehead atoms. The van der Waals surface area contributed by atoms with Crippen LogP contribution in [0.5, 0.6) is 11.5 Å². The van der Waals surface area contributed by atoms with Crippen LogP contribution in [0.25, 0.3) is 38.8 Å². The van der Waals surface area contributed by atoms with E-state index >= 15 is 0 Å². The molecule has 2 aliphatic heterocycles. The van der Waals surface area contributed by atoms with E-state index in [2.05, 4.69) is 146 Å². The quantitative estimate of drug-likeness (QED) is 0.143. The van der Waals surface area contributed by atoms with Crippen LogP contribution >= 0.6 is 0 Å². The zero-order valence-corrected chi connectivity index (χ0v) is 27.5. The van der Waals surface area contributed by atoms with Crippen molar-refractivity contribution in [2.45, 2.75) is 26.2 Å². The minimum absolute atomic E-state index is 0.000423. The number of nitrogens with zero attached hydrogens (tertiary/aromatic N) is 5. The lowest BCUT2D eigenvalue weighted by atomic mass is 9.88. The third-order valence-corrected chi connectivity index (χ3v) is 9.25. The summed E-state index contributed by atoms with van der Waals surface area (Å²) in [4.78, 5) is 11.6. The number of rotatable bonds is 4. The van der Waals surface area contributed by atoms with E-state index in [1.54, 1.807) is 0 Å². The molecule has 2 aliphatic rings. The predicted octanol–water partition coefficient (Wildman–Crippen LogP) is 10.2. The van der Waals surface area contributed by atoms with Gasteiger partial charge in [-0.3, -0.25) is 9.14 Å². The van der Waals surface area contributed by atoms with Crippen LogP contribution in [0, 0.1) is 0 Å². The molecule has 0 unspecified atom stereocenters. The molecule has 0 aliphatic carbocycles. The molecule has 2 aromatic heterocycles. The van der Waals surface area contributed by atoms with Gasteiger partial charge in [-0.1, -0.05) is 99.6 Å². The number of pyridine rings is 1. The summed E-state index contributed by atoms with van der Waals surface area (Å²) < 4.78 is 10.8. The molecule has 0 fully saturated rings. The molecule has 236 valence electrons. The highest BCUT2D eigenvalue weighted by molar-refractivity contribution is 6.10. The number of aliphatic imine (C=N–C) groups is 1. The smallest absolute Gasteiger partial charge is 0.210 e. The van der Waals surface area contributed by atoms with Crippen molar-refractivity contribution in [2.24, 2.45) is 4.99 Å². The van der Waals surface area contributed by atoms with Crippen molar-refractivity contribution in [3.05, 3.63) is 157 Å². The van der Waals surface area contributed by atoms with Crippen molar-refractivity contribution in [3.8, 4) is 28.4 Å². The summed E-state index contributed by atoms with van der Waals surface area (Å²) in [5.41, 5.74) is 8.61. The van der Waals surface area contributed by atoms with Crippen LogP contribution in [0.4, 0.5) is 11.4 Å². The van der Waals surface area contributed by atoms with Gasteiger partial charge in [-0.15, -0.1) is 0 Å². The summed E-state index contributed by atoms with van der Waals surface area (Å²) in [5.74, 6) is 3.20. The van der Waals surface area contributed by atoms with Crippen molar-refractivity contribution in [1.29, 1.82) is 0 Å². The van der Waals surface area contributed by atoms with Crippen molar-refractivity contribution < 1.29 is 9.31 Å². The number of amidine groups is 1. The second-order valence-corrected chi connectivity index (χ2v) is 13.4. The summed E-state index contributed by atoms with van der Waals surface area (Å²) >= 11 is 0. The lowest BCUT2D eigenvalue weighted by Crippen LogP contribution is -2.27. The molecule has 0 N–H and O–H groups in total. The maximum Gasteiger partial charge on any atom is 0.210 e. The Morgan fingerprint density at radius 2 is 1.43 bits per heavy atom. The van der Waals surface area contributed by atoms with Gasteiger partial charge in [-0.05, 0) is 64.6 Å². The molecule has 4 heterocycles. The van der Waals surface area contributed by atoms with E-state index in [1.807, 2.05) is 41.4 Å². The van der Waals surface area contributed by atoms with E-state index in [0.717, 1.165) is 67.6 Å². The fraction of sp³-hybridized carbons (Fsp3) is 0.0930. The number of para-hydroxylation sites is 2. The molecular weight excluding hydrogens is 603 g/mol. The van der Waals surface area contributed by atoms with Gasteiger partial charge in [0.1, 0.15) is 17.3 Å². The average Bonchev–Trinajstić information content (AvgIpc) is 3.71. The lowest BCUT2D eigenvalue weighted by molar-refractivity contribution is -0.313. The maximum atomic E-state index is 6.63.